The third kappa shape index (κ3) is 2.75. The van der Waals surface area contributed by atoms with Crippen molar-refractivity contribution in [3.05, 3.63) is 35.9 Å². The second-order valence-electron chi connectivity index (χ2n) is 7.60. The third-order valence-electron chi connectivity index (χ3n) is 5.33. The molecule has 3 aliphatic heterocycles. The number of esters is 1. The molecule has 3 fully saturated rings. The van der Waals surface area contributed by atoms with E-state index in [0.29, 0.717) is 19.6 Å². The lowest BCUT2D eigenvalue weighted by molar-refractivity contribution is -0.233. The minimum absolute atomic E-state index is 0.0337. The van der Waals surface area contributed by atoms with Crippen LogP contribution in [-0.4, -0.2) is 36.7 Å². The number of benzene rings is 1. The lowest BCUT2D eigenvalue weighted by Gasteiger charge is -2.28. The molecular weight excluding hydrogens is 308 g/mol. The summed E-state index contributed by atoms with van der Waals surface area (Å²) in [6, 6.07) is 10.1. The van der Waals surface area contributed by atoms with Crippen molar-refractivity contribution in [2.45, 2.75) is 63.8 Å². The molecule has 0 amide bonds. The highest BCUT2D eigenvalue weighted by Gasteiger charge is 2.63. The van der Waals surface area contributed by atoms with Gasteiger partial charge in [-0.3, -0.25) is 4.79 Å². The molecule has 4 rings (SSSR count). The van der Waals surface area contributed by atoms with Gasteiger partial charge in [-0.05, 0) is 25.8 Å². The SMILES string of the molecule is CC1(C)C(=O)O[C@@H]2C[C@]3(CC[C@@H](COCc4ccccc4)O3)O[C@@H]21. The topological polar surface area (TPSA) is 54.0 Å². The molecule has 0 aliphatic carbocycles. The van der Waals surface area contributed by atoms with Gasteiger partial charge in [0.1, 0.15) is 12.2 Å². The fraction of sp³-hybridized carbons (Fsp3) is 0.632. The summed E-state index contributed by atoms with van der Waals surface area (Å²) in [5.74, 6) is -0.776. The van der Waals surface area contributed by atoms with E-state index in [1.54, 1.807) is 0 Å². The smallest absolute Gasteiger partial charge is 0.314 e. The quantitative estimate of drug-likeness (QED) is 0.794. The van der Waals surface area contributed by atoms with Crippen LogP contribution in [0.1, 0.15) is 38.7 Å². The predicted molar refractivity (Wildman–Crippen MR) is 86.1 cm³/mol. The standard InChI is InChI=1S/C19H24O5/c1-18(2)16-15(22-17(18)20)10-19(24-16)9-8-14(23-19)12-21-11-13-6-4-3-5-7-13/h3-7,14-16H,8-12H2,1-2H3/t14-,15+,16-,19-/m0/s1. The fourth-order valence-electron chi connectivity index (χ4n) is 3.93. The van der Waals surface area contributed by atoms with Gasteiger partial charge in [0.15, 0.2) is 5.79 Å². The first-order valence-electron chi connectivity index (χ1n) is 8.67. The van der Waals surface area contributed by atoms with Crippen molar-refractivity contribution in [1.82, 2.24) is 0 Å². The van der Waals surface area contributed by atoms with Crippen LogP contribution in [0.3, 0.4) is 0 Å². The molecule has 0 unspecified atom stereocenters. The first-order valence-corrected chi connectivity index (χ1v) is 8.67. The molecule has 0 bridgehead atoms. The van der Waals surface area contributed by atoms with Crippen LogP contribution in [0, 0.1) is 5.41 Å². The second-order valence-corrected chi connectivity index (χ2v) is 7.60. The average molecular weight is 332 g/mol. The third-order valence-corrected chi connectivity index (χ3v) is 5.33. The molecule has 24 heavy (non-hydrogen) atoms. The number of hydrogen-bond donors (Lipinski definition) is 0. The fourth-order valence-corrected chi connectivity index (χ4v) is 3.93. The minimum atomic E-state index is -0.603. The van der Waals surface area contributed by atoms with Gasteiger partial charge in [0, 0.05) is 12.8 Å². The van der Waals surface area contributed by atoms with Crippen LogP contribution in [0.25, 0.3) is 0 Å². The van der Waals surface area contributed by atoms with Crippen molar-refractivity contribution in [3.63, 3.8) is 0 Å². The largest absolute Gasteiger partial charge is 0.459 e. The van der Waals surface area contributed by atoms with Crippen molar-refractivity contribution < 1.29 is 23.7 Å². The molecule has 0 aromatic heterocycles. The van der Waals surface area contributed by atoms with Gasteiger partial charge >= 0.3 is 5.97 Å². The predicted octanol–water partition coefficient (Wildman–Crippen LogP) is 2.82. The van der Waals surface area contributed by atoms with Crippen LogP contribution in [0.5, 0.6) is 0 Å². The van der Waals surface area contributed by atoms with Crippen LogP contribution >= 0.6 is 0 Å². The number of ether oxygens (including phenoxy) is 4. The number of carbonyl (C=O) groups is 1. The van der Waals surface area contributed by atoms with E-state index in [9.17, 15) is 4.79 Å². The van der Waals surface area contributed by atoms with Crippen LogP contribution in [0.15, 0.2) is 30.3 Å². The first-order chi connectivity index (χ1) is 11.5. The molecule has 3 saturated heterocycles. The maximum Gasteiger partial charge on any atom is 0.314 e. The van der Waals surface area contributed by atoms with E-state index in [4.69, 9.17) is 18.9 Å². The number of carbonyl (C=O) groups excluding carboxylic acids is 1. The summed E-state index contributed by atoms with van der Waals surface area (Å²) in [5.41, 5.74) is 0.560. The van der Waals surface area contributed by atoms with E-state index in [2.05, 4.69) is 12.1 Å². The number of fused-ring (bicyclic) bond motifs is 1. The summed E-state index contributed by atoms with van der Waals surface area (Å²) in [5, 5.41) is 0. The Morgan fingerprint density at radius 1 is 1.21 bits per heavy atom. The van der Waals surface area contributed by atoms with E-state index in [1.165, 1.54) is 0 Å². The van der Waals surface area contributed by atoms with Crippen molar-refractivity contribution in [2.75, 3.05) is 6.61 Å². The summed E-state index contributed by atoms with van der Waals surface area (Å²) in [7, 11) is 0. The van der Waals surface area contributed by atoms with Crippen LogP contribution in [-0.2, 0) is 30.3 Å². The first kappa shape index (κ1) is 16.1. The van der Waals surface area contributed by atoms with Crippen molar-refractivity contribution in [3.8, 4) is 0 Å². The summed E-state index contributed by atoms with van der Waals surface area (Å²) in [6.07, 6.45) is 1.99. The molecule has 5 nitrogen and oxygen atoms in total. The lowest BCUT2D eigenvalue weighted by Crippen LogP contribution is -2.37. The van der Waals surface area contributed by atoms with Crippen LogP contribution < -0.4 is 0 Å². The molecule has 3 heterocycles. The van der Waals surface area contributed by atoms with Gasteiger partial charge in [0.2, 0.25) is 0 Å². The van der Waals surface area contributed by atoms with Gasteiger partial charge in [-0.1, -0.05) is 30.3 Å². The van der Waals surface area contributed by atoms with Gasteiger partial charge in [-0.2, -0.15) is 0 Å². The Bertz CT molecular complexity index is 613. The van der Waals surface area contributed by atoms with E-state index in [-0.39, 0.29) is 24.3 Å². The normalized spacial score (nSPS) is 36.9. The summed E-state index contributed by atoms with van der Waals surface area (Å²) < 4.78 is 23.6. The second kappa shape index (κ2) is 5.83. The maximum atomic E-state index is 11.9. The molecule has 0 saturated carbocycles. The van der Waals surface area contributed by atoms with Crippen molar-refractivity contribution in [1.29, 1.82) is 0 Å². The van der Waals surface area contributed by atoms with Gasteiger partial charge in [0.05, 0.1) is 24.7 Å². The van der Waals surface area contributed by atoms with E-state index in [1.807, 2.05) is 32.0 Å². The Morgan fingerprint density at radius 2 is 2.00 bits per heavy atom. The van der Waals surface area contributed by atoms with Crippen molar-refractivity contribution in [2.24, 2.45) is 5.41 Å². The van der Waals surface area contributed by atoms with E-state index >= 15 is 0 Å². The minimum Gasteiger partial charge on any atom is -0.459 e. The molecule has 0 radical (unpaired) electrons. The van der Waals surface area contributed by atoms with E-state index in [0.717, 1.165) is 18.4 Å². The molecular formula is C19H24O5. The zero-order valence-electron chi connectivity index (χ0n) is 14.2. The molecule has 4 atom stereocenters. The van der Waals surface area contributed by atoms with Crippen LogP contribution in [0.2, 0.25) is 0 Å². The maximum absolute atomic E-state index is 11.9. The zero-order valence-corrected chi connectivity index (χ0v) is 14.2. The Hall–Kier alpha value is -1.43. The molecule has 3 aliphatic rings. The lowest BCUT2D eigenvalue weighted by atomic mass is 9.87. The van der Waals surface area contributed by atoms with Gasteiger partial charge in [-0.15, -0.1) is 0 Å². The Labute approximate surface area is 142 Å². The zero-order chi connectivity index (χ0) is 16.8. The summed E-state index contributed by atoms with van der Waals surface area (Å²) in [4.78, 5) is 11.9. The summed E-state index contributed by atoms with van der Waals surface area (Å²) in [6.45, 7) is 4.91. The van der Waals surface area contributed by atoms with Crippen molar-refractivity contribution >= 4 is 5.97 Å². The molecule has 1 aromatic carbocycles. The Morgan fingerprint density at radius 3 is 2.75 bits per heavy atom. The Kier molecular flexibility index (Phi) is 3.90. The highest BCUT2D eigenvalue weighted by Crippen LogP contribution is 2.51. The molecule has 5 heteroatoms. The number of hydrogen-bond acceptors (Lipinski definition) is 5. The average Bonchev–Trinajstić information content (AvgIpc) is 3.18. The molecule has 1 aromatic rings. The Balaban J connectivity index is 1.30. The van der Waals surface area contributed by atoms with Crippen LogP contribution in [0.4, 0.5) is 0 Å². The molecule has 0 N–H and O–H groups in total. The van der Waals surface area contributed by atoms with Gasteiger partial charge in [0.25, 0.3) is 0 Å². The molecule has 130 valence electrons. The van der Waals surface area contributed by atoms with Gasteiger partial charge < -0.3 is 18.9 Å². The molecule has 1 spiro atoms. The highest BCUT2D eigenvalue weighted by molar-refractivity contribution is 5.79. The summed E-state index contributed by atoms with van der Waals surface area (Å²) >= 11 is 0. The monoisotopic (exact) mass is 332 g/mol. The van der Waals surface area contributed by atoms with E-state index < -0.39 is 11.2 Å². The highest BCUT2D eigenvalue weighted by atomic mass is 16.7. The number of rotatable bonds is 4. The van der Waals surface area contributed by atoms with Gasteiger partial charge in [-0.25, -0.2) is 0 Å².